The standard InChI is InChI=1S/C20H21NO4/c22-19(23)12-5-14-3-8-17(9-4-14)21-20(24)16-6-10-18(11-7-16)25-13-15-1-2-15/h3-4,6-11,15H,1-2,5,12-13H2,(H,21,24)(H,22,23). The lowest BCUT2D eigenvalue weighted by Crippen LogP contribution is -2.11. The molecule has 1 amide bonds. The molecule has 5 nitrogen and oxygen atoms in total. The van der Waals surface area contributed by atoms with Crippen LogP contribution in [0.5, 0.6) is 5.75 Å². The lowest BCUT2D eigenvalue weighted by atomic mass is 10.1. The summed E-state index contributed by atoms with van der Waals surface area (Å²) in [6.45, 7) is 0.750. The number of carboxylic acid groups (broad SMARTS) is 1. The van der Waals surface area contributed by atoms with E-state index in [-0.39, 0.29) is 12.3 Å². The zero-order valence-corrected chi connectivity index (χ0v) is 13.9. The summed E-state index contributed by atoms with van der Waals surface area (Å²) in [4.78, 5) is 22.8. The van der Waals surface area contributed by atoms with Crippen molar-refractivity contribution in [3.8, 4) is 5.75 Å². The first kappa shape index (κ1) is 17.0. The molecular formula is C20H21NO4. The van der Waals surface area contributed by atoms with E-state index < -0.39 is 5.97 Å². The van der Waals surface area contributed by atoms with Gasteiger partial charge in [-0.1, -0.05) is 12.1 Å². The topological polar surface area (TPSA) is 75.6 Å². The Hall–Kier alpha value is -2.82. The number of hydrogen-bond acceptors (Lipinski definition) is 3. The number of rotatable bonds is 8. The first-order valence-corrected chi connectivity index (χ1v) is 8.45. The predicted molar refractivity (Wildman–Crippen MR) is 95.0 cm³/mol. The molecule has 0 aliphatic heterocycles. The minimum Gasteiger partial charge on any atom is -0.493 e. The third kappa shape index (κ3) is 5.35. The summed E-state index contributed by atoms with van der Waals surface area (Å²) in [5, 5.41) is 11.5. The second kappa shape index (κ2) is 7.83. The SMILES string of the molecule is O=C(O)CCc1ccc(NC(=O)c2ccc(OCC3CC3)cc2)cc1. The van der Waals surface area contributed by atoms with Crippen molar-refractivity contribution in [1.82, 2.24) is 0 Å². The number of benzene rings is 2. The zero-order chi connectivity index (χ0) is 17.6. The fourth-order valence-electron chi connectivity index (χ4n) is 2.41. The molecule has 0 aromatic heterocycles. The average molecular weight is 339 g/mol. The molecule has 0 bridgehead atoms. The van der Waals surface area contributed by atoms with Crippen LogP contribution < -0.4 is 10.1 Å². The molecule has 0 radical (unpaired) electrons. The quantitative estimate of drug-likeness (QED) is 0.768. The number of amides is 1. The van der Waals surface area contributed by atoms with Crippen molar-refractivity contribution >= 4 is 17.6 Å². The van der Waals surface area contributed by atoms with Gasteiger partial charge >= 0.3 is 5.97 Å². The summed E-state index contributed by atoms with van der Waals surface area (Å²) in [6.07, 6.45) is 3.07. The molecule has 130 valence electrons. The van der Waals surface area contributed by atoms with Gasteiger partial charge in [0.05, 0.1) is 6.61 Å². The molecule has 0 saturated heterocycles. The van der Waals surface area contributed by atoms with Gasteiger partial charge in [0.1, 0.15) is 5.75 Å². The van der Waals surface area contributed by atoms with Gasteiger partial charge in [0, 0.05) is 17.7 Å². The molecular weight excluding hydrogens is 318 g/mol. The third-order valence-electron chi connectivity index (χ3n) is 4.14. The van der Waals surface area contributed by atoms with Crippen LogP contribution >= 0.6 is 0 Å². The Morgan fingerprint density at radius 2 is 1.72 bits per heavy atom. The molecule has 2 aromatic carbocycles. The Balaban J connectivity index is 1.53. The van der Waals surface area contributed by atoms with E-state index in [1.54, 1.807) is 24.3 Å². The van der Waals surface area contributed by atoms with E-state index in [0.717, 1.165) is 17.9 Å². The molecule has 2 N–H and O–H groups in total. The number of aryl methyl sites for hydroxylation is 1. The predicted octanol–water partition coefficient (Wildman–Crippen LogP) is 3.74. The third-order valence-corrected chi connectivity index (χ3v) is 4.14. The van der Waals surface area contributed by atoms with Crippen LogP contribution in [0.2, 0.25) is 0 Å². The Kier molecular flexibility index (Phi) is 5.33. The molecule has 5 heteroatoms. The number of carbonyl (C=O) groups excluding carboxylic acids is 1. The van der Waals surface area contributed by atoms with Crippen molar-refractivity contribution in [2.75, 3.05) is 11.9 Å². The number of hydrogen-bond donors (Lipinski definition) is 2. The summed E-state index contributed by atoms with van der Waals surface area (Å²) >= 11 is 0. The van der Waals surface area contributed by atoms with E-state index >= 15 is 0 Å². The van der Waals surface area contributed by atoms with Crippen molar-refractivity contribution in [3.63, 3.8) is 0 Å². The maximum absolute atomic E-state index is 12.3. The number of nitrogens with one attached hydrogen (secondary N) is 1. The molecule has 1 aliphatic rings. The maximum atomic E-state index is 12.3. The van der Waals surface area contributed by atoms with Crippen LogP contribution in [0, 0.1) is 5.92 Å². The Labute approximate surface area is 146 Å². The molecule has 0 unspecified atom stereocenters. The van der Waals surface area contributed by atoms with E-state index in [2.05, 4.69) is 5.32 Å². The Morgan fingerprint density at radius 1 is 1.04 bits per heavy atom. The van der Waals surface area contributed by atoms with Crippen LogP contribution in [0.3, 0.4) is 0 Å². The van der Waals surface area contributed by atoms with Gasteiger partial charge in [-0.25, -0.2) is 0 Å². The fourth-order valence-corrected chi connectivity index (χ4v) is 2.41. The molecule has 1 fully saturated rings. The van der Waals surface area contributed by atoms with Gasteiger partial charge in [0.2, 0.25) is 0 Å². The van der Waals surface area contributed by atoms with Gasteiger partial charge < -0.3 is 15.2 Å². The molecule has 25 heavy (non-hydrogen) atoms. The van der Waals surface area contributed by atoms with Crippen LogP contribution in [0.15, 0.2) is 48.5 Å². The van der Waals surface area contributed by atoms with Crippen LogP contribution in [0.25, 0.3) is 0 Å². The average Bonchev–Trinajstić information content (AvgIpc) is 3.44. The van der Waals surface area contributed by atoms with E-state index in [1.165, 1.54) is 12.8 Å². The molecule has 2 aromatic rings. The highest BCUT2D eigenvalue weighted by Gasteiger charge is 2.21. The molecule has 3 rings (SSSR count). The molecule has 0 heterocycles. The second-order valence-corrected chi connectivity index (χ2v) is 6.32. The lowest BCUT2D eigenvalue weighted by Gasteiger charge is -2.08. The molecule has 1 aliphatic carbocycles. The van der Waals surface area contributed by atoms with Crippen LogP contribution in [-0.4, -0.2) is 23.6 Å². The van der Waals surface area contributed by atoms with Crippen molar-refractivity contribution in [3.05, 3.63) is 59.7 Å². The van der Waals surface area contributed by atoms with Crippen LogP contribution in [0.1, 0.15) is 35.2 Å². The number of ether oxygens (including phenoxy) is 1. The smallest absolute Gasteiger partial charge is 0.303 e. The highest BCUT2D eigenvalue weighted by molar-refractivity contribution is 6.04. The summed E-state index contributed by atoms with van der Waals surface area (Å²) < 4.78 is 5.66. The van der Waals surface area contributed by atoms with Crippen molar-refractivity contribution in [1.29, 1.82) is 0 Å². The molecule has 0 spiro atoms. The molecule has 1 saturated carbocycles. The first-order valence-electron chi connectivity index (χ1n) is 8.45. The van der Waals surface area contributed by atoms with Gasteiger partial charge in [-0.15, -0.1) is 0 Å². The highest BCUT2D eigenvalue weighted by Crippen LogP contribution is 2.29. The van der Waals surface area contributed by atoms with Crippen LogP contribution in [0.4, 0.5) is 5.69 Å². The summed E-state index contributed by atoms with van der Waals surface area (Å²) in [5.74, 6) is 0.474. The number of carbonyl (C=O) groups is 2. The van der Waals surface area contributed by atoms with E-state index in [4.69, 9.17) is 9.84 Å². The number of anilines is 1. The van der Waals surface area contributed by atoms with Gasteiger partial charge in [-0.05, 0) is 67.1 Å². The minimum atomic E-state index is -0.818. The van der Waals surface area contributed by atoms with E-state index in [0.29, 0.717) is 23.6 Å². The van der Waals surface area contributed by atoms with E-state index in [9.17, 15) is 9.59 Å². The van der Waals surface area contributed by atoms with Gasteiger partial charge in [-0.3, -0.25) is 9.59 Å². The van der Waals surface area contributed by atoms with E-state index in [1.807, 2.05) is 24.3 Å². The Bertz CT molecular complexity index is 733. The van der Waals surface area contributed by atoms with Crippen molar-refractivity contribution in [2.24, 2.45) is 5.92 Å². The fraction of sp³-hybridized carbons (Fsp3) is 0.300. The summed E-state index contributed by atoms with van der Waals surface area (Å²) in [5.41, 5.74) is 2.17. The highest BCUT2D eigenvalue weighted by atomic mass is 16.5. The Morgan fingerprint density at radius 3 is 2.32 bits per heavy atom. The second-order valence-electron chi connectivity index (χ2n) is 6.32. The lowest BCUT2D eigenvalue weighted by molar-refractivity contribution is -0.136. The van der Waals surface area contributed by atoms with Crippen molar-refractivity contribution in [2.45, 2.75) is 25.7 Å². The summed E-state index contributed by atoms with van der Waals surface area (Å²) in [7, 11) is 0. The van der Waals surface area contributed by atoms with Crippen LogP contribution in [-0.2, 0) is 11.2 Å². The van der Waals surface area contributed by atoms with Gasteiger partial charge in [0.15, 0.2) is 0 Å². The minimum absolute atomic E-state index is 0.0981. The van der Waals surface area contributed by atoms with Crippen molar-refractivity contribution < 1.29 is 19.4 Å². The first-order chi connectivity index (χ1) is 12.1. The molecule has 0 atom stereocenters. The summed E-state index contributed by atoms with van der Waals surface area (Å²) in [6, 6.07) is 14.3. The maximum Gasteiger partial charge on any atom is 0.303 e. The normalized spacial score (nSPS) is 13.3. The monoisotopic (exact) mass is 339 g/mol. The number of carboxylic acids is 1. The largest absolute Gasteiger partial charge is 0.493 e. The van der Waals surface area contributed by atoms with Gasteiger partial charge in [0.25, 0.3) is 5.91 Å². The van der Waals surface area contributed by atoms with Gasteiger partial charge in [-0.2, -0.15) is 0 Å². The number of aliphatic carboxylic acids is 1. The zero-order valence-electron chi connectivity index (χ0n) is 13.9.